The number of rotatable bonds is 1. The molecule has 1 unspecified atom stereocenters. The Balaban J connectivity index is 2.15. The van der Waals surface area contributed by atoms with E-state index < -0.39 is 9.84 Å². The summed E-state index contributed by atoms with van der Waals surface area (Å²) in [5.74, 6) is 0.656. The Bertz CT molecular complexity index is 540. The summed E-state index contributed by atoms with van der Waals surface area (Å²) in [6.07, 6.45) is 0. The van der Waals surface area contributed by atoms with E-state index in [1.54, 1.807) is 0 Å². The van der Waals surface area contributed by atoms with Gasteiger partial charge in [0, 0.05) is 12.6 Å². The molecule has 0 bridgehead atoms. The molecule has 0 spiro atoms. The van der Waals surface area contributed by atoms with E-state index >= 15 is 0 Å². The Hall–Kier alpha value is -1.56. The first-order chi connectivity index (χ1) is 8.48. The maximum Gasteiger partial charge on any atom is 0.196 e. The van der Waals surface area contributed by atoms with Gasteiger partial charge in [-0.2, -0.15) is 0 Å². The third-order valence-electron chi connectivity index (χ3n) is 2.96. The van der Waals surface area contributed by atoms with Gasteiger partial charge >= 0.3 is 0 Å². The predicted octanol–water partition coefficient (Wildman–Crippen LogP) is 0.752. The van der Waals surface area contributed by atoms with E-state index in [1.165, 1.54) is 0 Å². The quantitative estimate of drug-likeness (QED) is 0.602. The second-order valence-corrected chi connectivity index (χ2v) is 6.69. The molecule has 2 N–H and O–H groups in total. The average Bonchev–Trinajstić information content (AvgIpc) is 2.28. The van der Waals surface area contributed by atoms with E-state index in [0.29, 0.717) is 12.5 Å². The topological polar surface area (TPSA) is 75.8 Å². The summed E-state index contributed by atoms with van der Waals surface area (Å²) in [6.45, 7) is 2.26. The molecule has 6 heteroatoms. The van der Waals surface area contributed by atoms with E-state index in [2.05, 4.69) is 4.99 Å². The van der Waals surface area contributed by atoms with Crippen LogP contribution in [0.2, 0.25) is 0 Å². The van der Waals surface area contributed by atoms with Crippen LogP contribution in [0.4, 0.5) is 5.69 Å². The van der Waals surface area contributed by atoms with E-state index in [4.69, 9.17) is 5.73 Å². The fraction of sp³-hybridized carbons (Fsp3) is 0.417. The third-order valence-corrected chi connectivity index (χ3v) is 4.76. The maximum atomic E-state index is 11.5. The highest BCUT2D eigenvalue weighted by atomic mass is 32.2. The minimum absolute atomic E-state index is 0.129. The number of nitrogens with zero attached hydrogens (tertiary/aromatic N) is 2. The molecule has 1 fully saturated rings. The smallest absolute Gasteiger partial charge is 0.196 e. The Labute approximate surface area is 107 Å². The van der Waals surface area contributed by atoms with Crippen LogP contribution in [0.25, 0.3) is 0 Å². The van der Waals surface area contributed by atoms with Crippen LogP contribution in [0.5, 0.6) is 0 Å². The van der Waals surface area contributed by atoms with E-state index in [1.807, 2.05) is 42.2 Å². The van der Waals surface area contributed by atoms with Crippen molar-refractivity contribution < 1.29 is 8.42 Å². The lowest BCUT2D eigenvalue weighted by Crippen LogP contribution is -2.52. The van der Waals surface area contributed by atoms with Crippen LogP contribution in [0, 0.1) is 0 Å². The maximum absolute atomic E-state index is 11.5. The van der Waals surface area contributed by atoms with Crippen molar-refractivity contribution in [3.05, 3.63) is 30.3 Å². The lowest BCUT2D eigenvalue weighted by molar-refractivity contribution is 0.349. The summed E-state index contributed by atoms with van der Waals surface area (Å²) in [7, 11) is -2.92. The van der Waals surface area contributed by atoms with Crippen LogP contribution in [0.1, 0.15) is 6.92 Å². The minimum Gasteiger partial charge on any atom is -0.369 e. The molecule has 98 valence electrons. The van der Waals surface area contributed by atoms with Gasteiger partial charge in [0.15, 0.2) is 15.8 Å². The fourth-order valence-electron chi connectivity index (χ4n) is 2.04. The Morgan fingerprint density at radius 3 is 2.67 bits per heavy atom. The van der Waals surface area contributed by atoms with Crippen LogP contribution >= 0.6 is 0 Å². The van der Waals surface area contributed by atoms with Gasteiger partial charge in [0.2, 0.25) is 0 Å². The van der Waals surface area contributed by atoms with Crippen LogP contribution in [-0.4, -0.2) is 43.4 Å². The molecule has 1 aromatic carbocycles. The molecule has 2 rings (SSSR count). The number of benzene rings is 1. The Morgan fingerprint density at radius 1 is 1.39 bits per heavy atom. The van der Waals surface area contributed by atoms with Crippen molar-refractivity contribution in [2.24, 2.45) is 10.7 Å². The van der Waals surface area contributed by atoms with E-state index in [-0.39, 0.29) is 17.5 Å². The molecular weight excluding hydrogens is 250 g/mol. The van der Waals surface area contributed by atoms with Gasteiger partial charge in [0.1, 0.15) is 0 Å². The van der Waals surface area contributed by atoms with Gasteiger partial charge in [0.25, 0.3) is 0 Å². The fourth-order valence-corrected chi connectivity index (χ4v) is 3.59. The number of guanidine groups is 1. The minimum atomic E-state index is -2.92. The second kappa shape index (κ2) is 4.97. The summed E-state index contributed by atoms with van der Waals surface area (Å²) in [6, 6.07) is 9.27. The van der Waals surface area contributed by atoms with Crippen molar-refractivity contribution in [3.8, 4) is 0 Å². The summed E-state index contributed by atoms with van der Waals surface area (Å²) in [4.78, 5) is 6.15. The zero-order valence-electron chi connectivity index (χ0n) is 10.3. The molecule has 0 amide bonds. The van der Waals surface area contributed by atoms with Gasteiger partial charge in [-0.25, -0.2) is 13.4 Å². The normalized spacial score (nSPS) is 23.9. The van der Waals surface area contributed by atoms with Crippen molar-refractivity contribution in [1.29, 1.82) is 0 Å². The van der Waals surface area contributed by atoms with E-state index in [9.17, 15) is 8.42 Å². The summed E-state index contributed by atoms with van der Waals surface area (Å²) < 4.78 is 23.0. The van der Waals surface area contributed by atoms with Gasteiger partial charge in [-0.3, -0.25) is 0 Å². The average molecular weight is 267 g/mol. The van der Waals surface area contributed by atoms with Crippen LogP contribution in [0.15, 0.2) is 35.3 Å². The molecule has 1 aliphatic rings. The number of nitrogens with two attached hydrogens (primary N) is 1. The number of aliphatic imine (C=N–C) groups is 1. The Morgan fingerprint density at radius 2 is 2.06 bits per heavy atom. The molecule has 1 saturated heterocycles. The number of hydrogen-bond donors (Lipinski definition) is 1. The monoisotopic (exact) mass is 267 g/mol. The largest absolute Gasteiger partial charge is 0.369 e. The molecule has 1 aliphatic heterocycles. The van der Waals surface area contributed by atoms with Crippen molar-refractivity contribution in [1.82, 2.24) is 4.90 Å². The van der Waals surface area contributed by atoms with E-state index in [0.717, 1.165) is 5.69 Å². The van der Waals surface area contributed by atoms with Gasteiger partial charge in [0.05, 0.1) is 17.2 Å². The first-order valence-electron chi connectivity index (χ1n) is 5.84. The predicted molar refractivity (Wildman–Crippen MR) is 72.5 cm³/mol. The molecule has 0 radical (unpaired) electrons. The molecule has 1 heterocycles. The van der Waals surface area contributed by atoms with Gasteiger partial charge in [-0.05, 0) is 19.1 Å². The van der Waals surface area contributed by atoms with Crippen LogP contribution < -0.4 is 5.73 Å². The van der Waals surface area contributed by atoms with Crippen LogP contribution in [0.3, 0.4) is 0 Å². The zero-order valence-corrected chi connectivity index (χ0v) is 11.1. The molecule has 0 aromatic heterocycles. The summed E-state index contributed by atoms with van der Waals surface area (Å²) in [5, 5.41) is 0. The highest BCUT2D eigenvalue weighted by Crippen LogP contribution is 2.14. The lowest BCUT2D eigenvalue weighted by Gasteiger charge is -2.33. The summed E-state index contributed by atoms with van der Waals surface area (Å²) >= 11 is 0. The standard InChI is InChI=1S/C12H17N3O2S/c1-10-9-18(16,17)8-7-15(10)12(13)14-11-5-3-2-4-6-11/h2-6,10H,7-9H2,1H3,(H2,13,14). The molecule has 18 heavy (non-hydrogen) atoms. The van der Waals surface area contributed by atoms with Crippen molar-refractivity contribution in [2.45, 2.75) is 13.0 Å². The molecule has 1 atom stereocenters. The lowest BCUT2D eigenvalue weighted by atomic mass is 10.3. The van der Waals surface area contributed by atoms with Crippen molar-refractivity contribution >= 4 is 21.5 Å². The second-order valence-electron chi connectivity index (χ2n) is 4.46. The molecule has 5 nitrogen and oxygen atoms in total. The Kier molecular flexibility index (Phi) is 3.56. The first-order valence-corrected chi connectivity index (χ1v) is 7.66. The molecule has 0 saturated carbocycles. The number of para-hydroxylation sites is 1. The number of sulfone groups is 1. The first kappa shape index (κ1) is 12.9. The van der Waals surface area contributed by atoms with Crippen LogP contribution in [-0.2, 0) is 9.84 Å². The molecule has 0 aliphatic carbocycles. The van der Waals surface area contributed by atoms with Gasteiger partial charge in [-0.1, -0.05) is 18.2 Å². The highest BCUT2D eigenvalue weighted by molar-refractivity contribution is 7.91. The molecule has 1 aromatic rings. The molecular formula is C12H17N3O2S. The zero-order chi connectivity index (χ0) is 13.2. The third kappa shape index (κ3) is 3.01. The number of hydrogen-bond acceptors (Lipinski definition) is 3. The highest BCUT2D eigenvalue weighted by Gasteiger charge is 2.29. The van der Waals surface area contributed by atoms with Gasteiger partial charge < -0.3 is 10.6 Å². The van der Waals surface area contributed by atoms with Crippen molar-refractivity contribution in [2.75, 3.05) is 18.1 Å². The summed E-state index contributed by atoms with van der Waals surface area (Å²) in [5.41, 5.74) is 6.71. The SMILES string of the molecule is CC1CS(=O)(=O)CCN1C(N)=Nc1ccccc1. The van der Waals surface area contributed by atoms with Crippen molar-refractivity contribution in [3.63, 3.8) is 0 Å². The van der Waals surface area contributed by atoms with Gasteiger partial charge in [-0.15, -0.1) is 0 Å².